The summed E-state index contributed by atoms with van der Waals surface area (Å²) in [5, 5.41) is 15.0. The van der Waals surface area contributed by atoms with Crippen LogP contribution in [0.4, 0.5) is 5.69 Å². The molecule has 1 N–H and O–H groups in total. The van der Waals surface area contributed by atoms with E-state index in [2.05, 4.69) is 10.3 Å². The SMILES string of the molecule is CC(=O)C1=C(/C=C2\NCc3cc4c([N+](=O)[O-])cccc4nc32)C(C)C(=O)OC1. The number of rotatable bonds is 3. The molecule has 2 aromatic rings. The third-order valence-electron chi connectivity index (χ3n) is 5.09. The number of non-ortho nitro benzene ring substituents is 1. The Kier molecular flexibility index (Phi) is 4.18. The fourth-order valence-corrected chi connectivity index (χ4v) is 3.55. The largest absolute Gasteiger partial charge is 0.460 e. The second-order valence-electron chi connectivity index (χ2n) is 6.83. The number of nitrogens with one attached hydrogen (secondary N) is 1. The molecule has 8 nitrogen and oxygen atoms in total. The Balaban J connectivity index is 1.86. The van der Waals surface area contributed by atoms with Crippen LogP contribution in [-0.2, 0) is 20.9 Å². The average Bonchev–Trinajstić information content (AvgIpc) is 3.04. The number of carbonyl (C=O) groups excluding carboxylic acids is 2. The van der Waals surface area contributed by atoms with E-state index in [4.69, 9.17) is 4.74 Å². The van der Waals surface area contributed by atoms with E-state index < -0.39 is 10.8 Å². The highest BCUT2D eigenvalue weighted by atomic mass is 16.6. The van der Waals surface area contributed by atoms with Gasteiger partial charge in [0.1, 0.15) is 6.61 Å². The van der Waals surface area contributed by atoms with Gasteiger partial charge in [-0.3, -0.25) is 19.7 Å². The maximum absolute atomic E-state index is 12.0. The zero-order valence-electron chi connectivity index (χ0n) is 15.3. The van der Waals surface area contributed by atoms with Gasteiger partial charge in [-0.2, -0.15) is 0 Å². The number of benzene rings is 1. The van der Waals surface area contributed by atoms with Crippen LogP contribution in [0, 0.1) is 16.0 Å². The summed E-state index contributed by atoms with van der Waals surface area (Å²) in [5.41, 5.74) is 3.76. The number of nitrogens with zero attached hydrogens (tertiary/aromatic N) is 2. The van der Waals surface area contributed by atoms with Crippen molar-refractivity contribution in [3.05, 3.63) is 62.9 Å². The highest BCUT2D eigenvalue weighted by Gasteiger charge is 2.30. The van der Waals surface area contributed by atoms with E-state index in [0.29, 0.717) is 40.0 Å². The number of aromatic nitrogens is 1. The summed E-state index contributed by atoms with van der Waals surface area (Å²) in [5.74, 6) is -1.09. The zero-order chi connectivity index (χ0) is 20.0. The number of ketones is 1. The smallest absolute Gasteiger partial charge is 0.313 e. The van der Waals surface area contributed by atoms with Gasteiger partial charge in [0.05, 0.1) is 33.1 Å². The number of allylic oxidation sites excluding steroid dienone is 1. The summed E-state index contributed by atoms with van der Waals surface area (Å²) < 4.78 is 5.07. The Morgan fingerprint density at radius 1 is 1.43 bits per heavy atom. The van der Waals surface area contributed by atoms with E-state index in [1.165, 1.54) is 13.0 Å². The molecule has 1 aromatic carbocycles. The lowest BCUT2D eigenvalue weighted by molar-refractivity contribution is -0.383. The number of nitro groups is 1. The molecule has 28 heavy (non-hydrogen) atoms. The van der Waals surface area contributed by atoms with E-state index in [1.54, 1.807) is 31.2 Å². The number of hydrogen-bond donors (Lipinski definition) is 1. The van der Waals surface area contributed by atoms with Crippen LogP contribution < -0.4 is 5.32 Å². The predicted molar refractivity (Wildman–Crippen MR) is 101 cm³/mol. The van der Waals surface area contributed by atoms with Crippen molar-refractivity contribution in [1.29, 1.82) is 0 Å². The Hall–Kier alpha value is -3.55. The maximum Gasteiger partial charge on any atom is 0.313 e. The van der Waals surface area contributed by atoms with Crippen molar-refractivity contribution in [2.45, 2.75) is 20.4 Å². The molecule has 142 valence electrons. The second kappa shape index (κ2) is 6.56. The summed E-state index contributed by atoms with van der Waals surface area (Å²) in [6.07, 6.45) is 1.77. The average molecular weight is 379 g/mol. The monoisotopic (exact) mass is 379 g/mol. The summed E-state index contributed by atoms with van der Waals surface area (Å²) >= 11 is 0. The van der Waals surface area contributed by atoms with Crippen LogP contribution in [0.25, 0.3) is 16.6 Å². The molecule has 0 aliphatic carbocycles. The number of hydrogen-bond acceptors (Lipinski definition) is 7. The summed E-state index contributed by atoms with van der Waals surface area (Å²) in [4.78, 5) is 39.4. The topological polar surface area (TPSA) is 111 Å². The van der Waals surface area contributed by atoms with Crippen molar-refractivity contribution in [3.63, 3.8) is 0 Å². The predicted octanol–water partition coefficient (Wildman–Crippen LogP) is 2.67. The first-order valence-corrected chi connectivity index (χ1v) is 8.80. The number of pyridine rings is 1. The van der Waals surface area contributed by atoms with Gasteiger partial charge in [-0.25, -0.2) is 4.98 Å². The Morgan fingerprint density at radius 3 is 2.93 bits per heavy atom. The van der Waals surface area contributed by atoms with Crippen LogP contribution in [0.3, 0.4) is 0 Å². The van der Waals surface area contributed by atoms with Gasteiger partial charge in [-0.15, -0.1) is 0 Å². The molecule has 1 unspecified atom stereocenters. The Morgan fingerprint density at radius 2 is 2.21 bits per heavy atom. The van der Waals surface area contributed by atoms with Crippen molar-refractivity contribution >= 4 is 34.0 Å². The second-order valence-corrected chi connectivity index (χ2v) is 6.83. The van der Waals surface area contributed by atoms with Gasteiger partial charge in [0.2, 0.25) is 0 Å². The maximum atomic E-state index is 12.0. The Bertz CT molecular complexity index is 1120. The highest BCUT2D eigenvalue weighted by molar-refractivity contribution is 5.98. The minimum absolute atomic E-state index is 0.00968. The fraction of sp³-hybridized carbons (Fsp3) is 0.250. The molecule has 0 saturated heterocycles. The van der Waals surface area contributed by atoms with Gasteiger partial charge in [0.15, 0.2) is 5.78 Å². The van der Waals surface area contributed by atoms with Gasteiger partial charge < -0.3 is 10.1 Å². The molecule has 4 rings (SSSR count). The van der Waals surface area contributed by atoms with Gasteiger partial charge in [-0.05, 0) is 43.2 Å². The number of esters is 1. The van der Waals surface area contributed by atoms with Gasteiger partial charge in [0, 0.05) is 18.2 Å². The van der Waals surface area contributed by atoms with Crippen LogP contribution in [0.2, 0.25) is 0 Å². The molecule has 1 aromatic heterocycles. The van der Waals surface area contributed by atoms with Gasteiger partial charge >= 0.3 is 5.97 Å². The minimum Gasteiger partial charge on any atom is -0.460 e. The third-order valence-corrected chi connectivity index (χ3v) is 5.09. The molecule has 0 amide bonds. The van der Waals surface area contributed by atoms with Crippen LogP contribution in [0.5, 0.6) is 0 Å². The van der Waals surface area contributed by atoms with Crippen LogP contribution in [-0.4, -0.2) is 28.3 Å². The standard InChI is InChI=1S/C20H17N3O5/c1-10-13(15(11(2)24)9-28-20(10)25)7-17-19-12(8-21-17)6-14-16(22-19)4-3-5-18(14)23(26)27/h3-7,10,21H,8-9H2,1-2H3/b17-7-. The third kappa shape index (κ3) is 2.83. The molecule has 0 fully saturated rings. The fourth-order valence-electron chi connectivity index (χ4n) is 3.55. The number of ether oxygens (including phenoxy) is 1. The minimum atomic E-state index is -0.562. The van der Waals surface area contributed by atoms with E-state index in [1.807, 2.05) is 0 Å². The lowest BCUT2D eigenvalue weighted by atomic mass is 9.91. The molecule has 2 aliphatic heterocycles. The van der Waals surface area contributed by atoms with E-state index in [-0.39, 0.29) is 24.0 Å². The normalized spacial score (nSPS) is 20.1. The number of fused-ring (bicyclic) bond motifs is 2. The van der Waals surface area contributed by atoms with Crippen molar-refractivity contribution in [2.24, 2.45) is 5.92 Å². The lowest BCUT2D eigenvalue weighted by Gasteiger charge is -2.22. The molecule has 0 saturated carbocycles. The summed E-state index contributed by atoms with van der Waals surface area (Å²) in [6.45, 7) is 3.56. The van der Waals surface area contributed by atoms with Crippen molar-refractivity contribution < 1.29 is 19.2 Å². The number of nitro benzene ring substituents is 1. The van der Waals surface area contributed by atoms with E-state index in [0.717, 1.165) is 5.56 Å². The molecule has 1 atom stereocenters. The molecule has 0 radical (unpaired) electrons. The molecular formula is C20H17N3O5. The Labute approximate surface area is 160 Å². The number of cyclic esters (lactones) is 1. The van der Waals surface area contributed by atoms with Gasteiger partial charge in [0.25, 0.3) is 5.69 Å². The molecule has 0 bridgehead atoms. The lowest BCUT2D eigenvalue weighted by Crippen LogP contribution is -2.27. The molecule has 3 heterocycles. The zero-order valence-corrected chi connectivity index (χ0v) is 15.3. The van der Waals surface area contributed by atoms with Crippen molar-refractivity contribution in [3.8, 4) is 0 Å². The van der Waals surface area contributed by atoms with Crippen LogP contribution >= 0.6 is 0 Å². The van der Waals surface area contributed by atoms with Crippen molar-refractivity contribution in [1.82, 2.24) is 10.3 Å². The van der Waals surface area contributed by atoms with Gasteiger partial charge in [-0.1, -0.05) is 6.07 Å². The quantitative estimate of drug-likeness (QED) is 0.496. The first-order valence-electron chi connectivity index (χ1n) is 8.80. The van der Waals surface area contributed by atoms with E-state index in [9.17, 15) is 19.7 Å². The molecular weight excluding hydrogens is 362 g/mol. The van der Waals surface area contributed by atoms with Crippen LogP contribution in [0.1, 0.15) is 25.1 Å². The summed E-state index contributed by atoms with van der Waals surface area (Å²) in [6, 6.07) is 6.54. The number of carbonyl (C=O) groups is 2. The van der Waals surface area contributed by atoms with E-state index >= 15 is 0 Å². The van der Waals surface area contributed by atoms with Crippen molar-refractivity contribution in [2.75, 3.05) is 6.61 Å². The first-order chi connectivity index (χ1) is 13.4. The highest BCUT2D eigenvalue weighted by Crippen LogP contribution is 2.33. The van der Waals surface area contributed by atoms with Crippen LogP contribution in [0.15, 0.2) is 41.5 Å². The summed E-state index contributed by atoms with van der Waals surface area (Å²) in [7, 11) is 0. The first kappa shape index (κ1) is 17.8. The molecule has 8 heteroatoms. The number of Topliss-reactive ketones (excluding diaryl/α,β-unsaturated/α-hetero) is 1. The molecule has 0 spiro atoms. The molecule has 2 aliphatic rings.